The number of hydrogen-bond donors (Lipinski definition) is 4. The molecule has 5 atom stereocenters. The van der Waals surface area contributed by atoms with Crippen LogP contribution in [-0.4, -0.2) is 45.8 Å². The second kappa shape index (κ2) is 8.45. The van der Waals surface area contributed by atoms with Gasteiger partial charge < -0.3 is 20.8 Å². The number of aliphatic hydroxyl groups is 2. The number of fused-ring (bicyclic) bond motifs is 2. The Hall–Kier alpha value is -1.51. The van der Waals surface area contributed by atoms with E-state index in [4.69, 9.17) is 4.98 Å². The Bertz CT molecular complexity index is 852. The zero-order chi connectivity index (χ0) is 22.4. The molecule has 3 aliphatic carbocycles. The number of thiazole rings is 1. The van der Waals surface area contributed by atoms with Gasteiger partial charge in [0.2, 0.25) is 11.8 Å². The lowest BCUT2D eigenvalue weighted by atomic mass is 9.47. The number of rotatable bonds is 5. The van der Waals surface area contributed by atoms with Gasteiger partial charge in [0.25, 0.3) is 0 Å². The van der Waals surface area contributed by atoms with E-state index in [0.717, 1.165) is 42.7 Å². The van der Waals surface area contributed by atoms with E-state index < -0.39 is 11.5 Å². The third kappa shape index (κ3) is 4.02. The first-order valence-electron chi connectivity index (χ1n) is 11.5. The van der Waals surface area contributed by atoms with Gasteiger partial charge in [-0.3, -0.25) is 9.59 Å². The van der Waals surface area contributed by atoms with Crippen molar-refractivity contribution in [1.82, 2.24) is 10.3 Å². The van der Waals surface area contributed by atoms with E-state index in [1.807, 2.05) is 6.92 Å². The number of nitrogens with one attached hydrogen (secondary N) is 2. The van der Waals surface area contributed by atoms with E-state index in [1.54, 1.807) is 0 Å². The van der Waals surface area contributed by atoms with E-state index in [0.29, 0.717) is 24.4 Å². The van der Waals surface area contributed by atoms with Crippen LogP contribution >= 0.6 is 11.3 Å². The fourth-order valence-corrected chi connectivity index (χ4v) is 7.51. The van der Waals surface area contributed by atoms with Gasteiger partial charge in [-0.1, -0.05) is 26.7 Å². The van der Waals surface area contributed by atoms with Crippen molar-refractivity contribution in [2.75, 3.05) is 11.9 Å². The molecule has 0 aliphatic heterocycles. The molecule has 3 aliphatic rings. The second-order valence-corrected chi connectivity index (χ2v) is 11.4. The molecule has 1 aromatic rings. The molecule has 5 unspecified atom stereocenters. The first-order valence-corrected chi connectivity index (χ1v) is 12.3. The number of amides is 2. The molecule has 31 heavy (non-hydrogen) atoms. The maximum absolute atomic E-state index is 13.1. The molecule has 0 bridgehead atoms. The molecule has 8 heteroatoms. The van der Waals surface area contributed by atoms with Crippen molar-refractivity contribution in [3.63, 3.8) is 0 Å². The van der Waals surface area contributed by atoms with Crippen molar-refractivity contribution in [3.8, 4) is 0 Å². The average Bonchev–Trinajstić information content (AvgIpc) is 3.35. The van der Waals surface area contributed by atoms with Crippen LogP contribution in [0.5, 0.6) is 0 Å². The molecule has 2 saturated carbocycles. The van der Waals surface area contributed by atoms with Gasteiger partial charge >= 0.3 is 0 Å². The smallest absolute Gasteiger partial charge is 0.223 e. The zero-order valence-corrected chi connectivity index (χ0v) is 19.6. The van der Waals surface area contributed by atoms with Crippen LogP contribution in [0, 0.1) is 16.7 Å². The molecule has 1 heterocycles. The summed E-state index contributed by atoms with van der Waals surface area (Å²) in [6.45, 7) is 5.54. The second-order valence-electron chi connectivity index (χ2n) is 10.3. The highest BCUT2D eigenvalue weighted by Gasteiger charge is 2.59. The van der Waals surface area contributed by atoms with Crippen LogP contribution < -0.4 is 10.6 Å². The summed E-state index contributed by atoms with van der Waals surface area (Å²) < 4.78 is 0. The molecule has 4 N–H and O–H groups in total. The summed E-state index contributed by atoms with van der Waals surface area (Å²) in [5.74, 6) is -0.201. The minimum Gasteiger partial charge on any atom is -0.396 e. The third-order valence-corrected chi connectivity index (χ3v) is 9.30. The maximum Gasteiger partial charge on any atom is 0.223 e. The third-order valence-electron chi connectivity index (χ3n) is 8.29. The molecule has 0 aromatic carbocycles. The minimum atomic E-state index is -0.636. The molecule has 0 saturated heterocycles. The Labute approximate surface area is 188 Å². The van der Waals surface area contributed by atoms with Gasteiger partial charge in [0, 0.05) is 35.6 Å². The van der Waals surface area contributed by atoms with Crippen molar-refractivity contribution in [1.29, 1.82) is 0 Å². The number of aliphatic hydroxyl groups excluding tert-OH is 2. The van der Waals surface area contributed by atoms with Gasteiger partial charge in [-0.15, -0.1) is 11.3 Å². The summed E-state index contributed by atoms with van der Waals surface area (Å²) in [5.41, 5.74) is 0.00663. The Morgan fingerprint density at radius 1 is 1.23 bits per heavy atom. The normalized spacial score (nSPS) is 35.3. The Morgan fingerprint density at radius 2 is 1.94 bits per heavy atom. The fraction of sp³-hybridized carbons (Fsp3) is 0.783. The van der Waals surface area contributed by atoms with Gasteiger partial charge in [0.15, 0.2) is 5.13 Å². The van der Waals surface area contributed by atoms with Crippen LogP contribution in [0.1, 0.15) is 82.2 Å². The molecule has 2 amide bonds. The highest BCUT2D eigenvalue weighted by molar-refractivity contribution is 7.15. The van der Waals surface area contributed by atoms with Crippen LogP contribution in [0.15, 0.2) is 0 Å². The molecular weight excluding hydrogens is 414 g/mol. The van der Waals surface area contributed by atoms with Crippen molar-refractivity contribution in [3.05, 3.63) is 10.6 Å². The molecule has 172 valence electrons. The number of carbonyl (C=O) groups is 2. The van der Waals surface area contributed by atoms with E-state index in [9.17, 15) is 19.8 Å². The van der Waals surface area contributed by atoms with Gasteiger partial charge in [-0.05, 0) is 43.4 Å². The van der Waals surface area contributed by atoms with E-state index in [2.05, 4.69) is 17.6 Å². The van der Waals surface area contributed by atoms with Crippen LogP contribution in [0.25, 0.3) is 0 Å². The number of nitrogens with zero attached hydrogens (tertiary/aromatic N) is 1. The van der Waals surface area contributed by atoms with E-state index >= 15 is 0 Å². The van der Waals surface area contributed by atoms with Crippen LogP contribution in [0.3, 0.4) is 0 Å². The number of hydrogen-bond acceptors (Lipinski definition) is 6. The lowest BCUT2D eigenvalue weighted by molar-refractivity contribution is -0.144. The summed E-state index contributed by atoms with van der Waals surface area (Å²) in [5, 5.41) is 27.7. The zero-order valence-electron chi connectivity index (χ0n) is 18.7. The van der Waals surface area contributed by atoms with E-state index in [1.165, 1.54) is 18.3 Å². The first-order chi connectivity index (χ1) is 14.7. The Balaban J connectivity index is 1.70. The summed E-state index contributed by atoms with van der Waals surface area (Å²) in [4.78, 5) is 30.5. The predicted octanol–water partition coefficient (Wildman–Crippen LogP) is 2.97. The highest BCUT2D eigenvalue weighted by atomic mass is 32.1. The van der Waals surface area contributed by atoms with Crippen LogP contribution in [-0.2, 0) is 16.0 Å². The Morgan fingerprint density at radius 3 is 2.58 bits per heavy atom. The van der Waals surface area contributed by atoms with Gasteiger partial charge in [-0.2, -0.15) is 0 Å². The first kappa shape index (κ1) is 22.7. The molecule has 4 rings (SSSR count). The van der Waals surface area contributed by atoms with Crippen molar-refractivity contribution in [2.45, 2.75) is 90.2 Å². The minimum absolute atomic E-state index is 0.0242. The molecule has 2 fully saturated rings. The summed E-state index contributed by atoms with van der Waals surface area (Å²) in [6.07, 6.45) is 6.25. The van der Waals surface area contributed by atoms with Gasteiger partial charge in [0.1, 0.15) is 0 Å². The molecule has 1 aromatic heterocycles. The quantitative estimate of drug-likeness (QED) is 0.552. The fourth-order valence-electron chi connectivity index (χ4n) is 6.39. The van der Waals surface area contributed by atoms with Crippen molar-refractivity contribution in [2.24, 2.45) is 16.7 Å². The molecule has 0 spiro atoms. The average molecular weight is 450 g/mol. The predicted molar refractivity (Wildman–Crippen MR) is 120 cm³/mol. The topological polar surface area (TPSA) is 112 Å². The largest absolute Gasteiger partial charge is 0.396 e. The van der Waals surface area contributed by atoms with Crippen LogP contribution in [0.2, 0.25) is 0 Å². The van der Waals surface area contributed by atoms with Gasteiger partial charge in [-0.25, -0.2) is 4.98 Å². The number of aromatic nitrogens is 1. The summed E-state index contributed by atoms with van der Waals surface area (Å²) >= 11 is 1.46. The number of anilines is 1. The van der Waals surface area contributed by atoms with Crippen molar-refractivity contribution >= 4 is 28.3 Å². The maximum atomic E-state index is 13.1. The summed E-state index contributed by atoms with van der Waals surface area (Å²) in [7, 11) is 0. The SMILES string of the molecule is CC(=O)Nc1nc2c(s1)CC1C(C)(CO)C(O)CCC1(C)C2CC(=O)NC1CCCC1. The molecular formula is C23H35N3O4S. The van der Waals surface area contributed by atoms with Crippen LogP contribution in [0.4, 0.5) is 5.13 Å². The van der Waals surface area contributed by atoms with Crippen molar-refractivity contribution < 1.29 is 19.8 Å². The van der Waals surface area contributed by atoms with E-state index in [-0.39, 0.29) is 41.7 Å². The summed E-state index contributed by atoms with van der Waals surface area (Å²) in [6, 6.07) is 0.264. The monoisotopic (exact) mass is 449 g/mol. The Kier molecular flexibility index (Phi) is 6.18. The number of carbonyl (C=O) groups excluding carboxylic acids is 2. The highest BCUT2D eigenvalue weighted by Crippen LogP contribution is 2.62. The van der Waals surface area contributed by atoms with Gasteiger partial charge in [0.05, 0.1) is 18.4 Å². The standard InChI is InChI=1S/C23H35N3O4S/c1-13(28)24-21-26-20-15(10-19(30)25-14-6-4-5-7-14)22(2)9-8-18(29)23(3,12-27)17(22)11-16(20)31-21/h14-15,17-18,27,29H,4-12H2,1-3H3,(H,25,30)(H,24,26,28). The lowest BCUT2D eigenvalue weighted by Crippen LogP contribution is -2.57. The molecule has 7 nitrogen and oxygen atoms in total. The lowest BCUT2D eigenvalue weighted by Gasteiger charge is -2.58. The molecule has 0 radical (unpaired) electrons.